The quantitative estimate of drug-likeness (QED) is 0.423. The van der Waals surface area contributed by atoms with E-state index < -0.39 is 4.92 Å². The Hall–Kier alpha value is -1.66. The summed E-state index contributed by atoms with van der Waals surface area (Å²) in [5.41, 5.74) is 1.33. The van der Waals surface area contributed by atoms with E-state index in [4.69, 9.17) is 9.47 Å². The zero-order chi connectivity index (χ0) is 14.1. The molecule has 6 heteroatoms. The summed E-state index contributed by atoms with van der Waals surface area (Å²) in [4.78, 5) is 10.5. The minimum atomic E-state index is -0.403. The molecule has 1 rings (SSSR count). The molecule has 0 aliphatic carbocycles. The summed E-state index contributed by atoms with van der Waals surface area (Å²) in [7, 11) is 1.66. The maximum Gasteiger partial charge on any atom is 0.292 e. The van der Waals surface area contributed by atoms with E-state index in [1.54, 1.807) is 13.1 Å². The van der Waals surface area contributed by atoms with Gasteiger partial charge in [-0.1, -0.05) is 19.1 Å². The van der Waals surface area contributed by atoms with Crippen LogP contribution < -0.4 is 5.32 Å². The highest BCUT2D eigenvalue weighted by Crippen LogP contribution is 2.28. The molecule has 0 amide bonds. The zero-order valence-electron chi connectivity index (χ0n) is 11.3. The average molecular weight is 268 g/mol. The molecule has 0 aliphatic rings. The van der Waals surface area contributed by atoms with Gasteiger partial charge in [-0.15, -0.1) is 0 Å². The molecule has 0 radical (unpaired) electrons. The molecule has 0 saturated carbocycles. The van der Waals surface area contributed by atoms with Crippen molar-refractivity contribution in [2.75, 3.05) is 32.2 Å². The summed E-state index contributed by atoms with van der Waals surface area (Å²) in [5.74, 6) is 0. The summed E-state index contributed by atoms with van der Waals surface area (Å²) in [5, 5.41) is 13.7. The number of benzene rings is 1. The van der Waals surface area contributed by atoms with Crippen molar-refractivity contribution in [3.05, 3.63) is 33.9 Å². The summed E-state index contributed by atoms with van der Waals surface area (Å²) >= 11 is 0. The minimum absolute atomic E-state index is 0.0610. The van der Waals surface area contributed by atoms with Crippen molar-refractivity contribution in [2.24, 2.45) is 0 Å². The number of nitrogens with zero attached hydrogens (tertiary/aromatic N) is 1. The molecule has 0 spiro atoms. The lowest BCUT2D eigenvalue weighted by Crippen LogP contribution is -2.07. The minimum Gasteiger partial charge on any atom is -0.382 e. The topological polar surface area (TPSA) is 73.6 Å². The van der Waals surface area contributed by atoms with Gasteiger partial charge < -0.3 is 14.8 Å². The fourth-order valence-electron chi connectivity index (χ4n) is 1.69. The zero-order valence-corrected chi connectivity index (χ0v) is 11.3. The van der Waals surface area contributed by atoms with E-state index >= 15 is 0 Å². The molecule has 106 valence electrons. The molecule has 0 unspecified atom stereocenters. The van der Waals surface area contributed by atoms with Crippen molar-refractivity contribution in [1.29, 1.82) is 0 Å². The first-order valence-electron chi connectivity index (χ1n) is 6.30. The molecular formula is C13H20N2O4. The first-order valence-corrected chi connectivity index (χ1v) is 6.30. The Bertz CT molecular complexity index is 410. The first-order chi connectivity index (χ1) is 9.20. The maximum atomic E-state index is 10.9. The number of nitro groups is 1. The lowest BCUT2D eigenvalue weighted by atomic mass is 10.1. The second-order valence-electron chi connectivity index (χ2n) is 3.98. The molecule has 0 aliphatic heterocycles. The molecule has 0 aromatic heterocycles. The molecule has 0 saturated heterocycles. The van der Waals surface area contributed by atoms with Crippen LogP contribution in [0.25, 0.3) is 0 Å². The number of ether oxygens (including phenoxy) is 2. The lowest BCUT2D eigenvalue weighted by molar-refractivity contribution is -0.384. The van der Waals surface area contributed by atoms with Crippen molar-refractivity contribution in [1.82, 2.24) is 0 Å². The Labute approximate surface area is 112 Å². The van der Waals surface area contributed by atoms with Gasteiger partial charge in [0.15, 0.2) is 0 Å². The third-order valence-electron chi connectivity index (χ3n) is 2.55. The Balaban J connectivity index is 2.53. The number of anilines is 1. The largest absolute Gasteiger partial charge is 0.382 e. The number of hydrogen-bond donors (Lipinski definition) is 1. The monoisotopic (exact) mass is 268 g/mol. The summed E-state index contributed by atoms with van der Waals surface area (Å²) in [6.07, 6.45) is 0.981. The van der Waals surface area contributed by atoms with Crippen molar-refractivity contribution >= 4 is 11.4 Å². The fourth-order valence-corrected chi connectivity index (χ4v) is 1.69. The van der Waals surface area contributed by atoms with Crippen LogP contribution in [0.5, 0.6) is 0 Å². The van der Waals surface area contributed by atoms with Crippen LogP contribution in [-0.4, -0.2) is 31.8 Å². The third kappa shape index (κ3) is 4.84. The van der Waals surface area contributed by atoms with Crippen LogP contribution in [0.1, 0.15) is 18.9 Å². The van der Waals surface area contributed by atoms with Gasteiger partial charge in [0.05, 0.1) is 24.7 Å². The summed E-state index contributed by atoms with van der Waals surface area (Å²) in [6.45, 7) is 4.11. The van der Waals surface area contributed by atoms with E-state index in [1.165, 1.54) is 6.07 Å². The van der Waals surface area contributed by atoms with Gasteiger partial charge in [-0.05, 0) is 6.42 Å². The highest BCUT2D eigenvalue weighted by Gasteiger charge is 2.15. The van der Waals surface area contributed by atoms with Gasteiger partial charge in [-0.25, -0.2) is 0 Å². The molecule has 0 bridgehead atoms. The number of nitrogens with one attached hydrogen (secondary N) is 1. The lowest BCUT2D eigenvalue weighted by Gasteiger charge is -2.10. The Morgan fingerprint density at radius 3 is 2.63 bits per heavy atom. The second-order valence-corrected chi connectivity index (χ2v) is 3.98. The van der Waals surface area contributed by atoms with Gasteiger partial charge in [-0.2, -0.15) is 0 Å². The molecule has 1 aromatic rings. The summed E-state index contributed by atoms with van der Waals surface area (Å²) < 4.78 is 10.7. The standard InChI is InChI=1S/C13H20N2O4/c1-3-7-18-8-9-19-10-11-5-4-6-12(15(16)17)13(11)14-2/h4-6,14H,3,7-10H2,1-2H3. The Morgan fingerprint density at radius 2 is 2.00 bits per heavy atom. The first kappa shape index (κ1) is 15.4. The van der Waals surface area contributed by atoms with Gasteiger partial charge in [0.1, 0.15) is 5.69 Å². The summed E-state index contributed by atoms with van der Waals surface area (Å²) in [6, 6.07) is 4.94. The highest BCUT2D eigenvalue weighted by atomic mass is 16.6. The van der Waals surface area contributed by atoms with E-state index in [2.05, 4.69) is 5.32 Å². The van der Waals surface area contributed by atoms with Crippen molar-refractivity contribution in [2.45, 2.75) is 20.0 Å². The van der Waals surface area contributed by atoms with E-state index in [9.17, 15) is 10.1 Å². The highest BCUT2D eigenvalue weighted by molar-refractivity contribution is 5.65. The molecule has 1 N–H and O–H groups in total. The number of hydrogen-bond acceptors (Lipinski definition) is 5. The molecule has 19 heavy (non-hydrogen) atoms. The molecular weight excluding hydrogens is 248 g/mol. The second kappa shape index (κ2) is 8.44. The smallest absolute Gasteiger partial charge is 0.292 e. The van der Waals surface area contributed by atoms with Crippen LogP contribution >= 0.6 is 0 Å². The van der Waals surface area contributed by atoms with Crippen LogP contribution in [0.2, 0.25) is 0 Å². The van der Waals surface area contributed by atoms with E-state index in [-0.39, 0.29) is 5.69 Å². The Morgan fingerprint density at radius 1 is 1.26 bits per heavy atom. The number of para-hydroxylation sites is 1. The van der Waals surface area contributed by atoms with Gasteiger partial charge in [0, 0.05) is 25.3 Å². The maximum absolute atomic E-state index is 10.9. The predicted octanol–water partition coefficient (Wildman–Crippen LogP) is 2.58. The van der Waals surface area contributed by atoms with Gasteiger partial charge in [0.2, 0.25) is 0 Å². The normalized spacial score (nSPS) is 10.4. The van der Waals surface area contributed by atoms with Gasteiger partial charge >= 0.3 is 0 Å². The van der Waals surface area contributed by atoms with Crippen LogP contribution in [0.3, 0.4) is 0 Å². The Kier molecular flexibility index (Phi) is 6.84. The van der Waals surface area contributed by atoms with Crippen LogP contribution in [0, 0.1) is 10.1 Å². The number of nitro benzene ring substituents is 1. The van der Waals surface area contributed by atoms with E-state index in [1.807, 2.05) is 13.0 Å². The predicted molar refractivity (Wildman–Crippen MR) is 73.4 cm³/mol. The van der Waals surface area contributed by atoms with E-state index in [0.717, 1.165) is 18.6 Å². The number of rotatable bonds is 9. The SMILES string of the molecule is CCCOCCOCc1cccc([N+](=O)[O-])c1NC. The third-order valence-corrected chi connectivity index (χ3v) is 2.55. The van der Waals surface area contributed by atoms with Gasteiger partial charge in [0.25, 0.3) is 5.69 Å². The van der Waals surface area contributed by atoms with Gasteiger partial charge in [-0.3, -0.25) is 10.1 Å². The molecule has 0 atom stereocenters. The van der Waals surface area contributed by atoms with Crippen molar-refractivity contribution < 1.29 is 14.4 Å². The molecule has 0 heterocycles. The van der Waals surface area contributed by atoms with Crippen LogP contribution in [0.15, 0.2) is 18.2 Å². The molecule has 1 aromatic carbocycles. The molecule has 6 nitrogen and oxygen atoms in total. The molecule has 0 fully saturated rings. The van der Waals surface area contributed by atoms with Crippen LogP contribution in [0.4, 0.5) is 11.4 Å². The van der Waals surface area contributed by atoms with Crippen molar-refractivity contribution in [3.63, 3.8) is 0 Å². The fraction of sp³-hybridized carbons (Fsp3) is 0.538. The van der Waals surface area contributed by atoms with E-state index in [0.29, 0.717) is 25.5 Å². The average Bonchev–Trinajstić information content (AvgIpc) is 2.42. The van der Waals surface area contributed by atoms with Crippen molar-refractivity contribution in [3.8, 4) is 0 Å². The van der Waals surface area contributed by atoms with Crippen LogP contribution in [-0.2, 0) is 16.1 Å².